The first-order valence-electron chi connectivity index (χ1n) is 10.3. The van der Waals surface area contributed by atoms with Gasteiger partial charge in [-0.3, -0.25) is 14.4 Å². The Morgan fingerprint density at radius 3 is 2.69 bits per heavy atom. The SMILES string of the molecule is O=C1C2C3CC4C2C2(C(=O)OC5CCN(C6CCOCC6)C5=O)C1C3C42. The second-order valence-corrected chi connectivity index (χ2v) is 9.59. The van der Waals surface area contributed by atoms with Crippen LogP contribution in [0.5, 0.6) is 0 Å². The van der Waals surface area contributed by atoms with Crippen molar-refractivity contribution in [1.82, 2.24) is 4.90 Å². The van der Waals surface area contributed by atoms with E-state index in [2.05, 4.69) is 0 Å². The number of rotatable bonds is 3. The molecule has 0 spiro atoms. The highest BCUT2D eigenvalue weighted by atomic mass is 16.6. The van der Waals surface area contributed by atoms with Crippen molar-refractivity contribution in [3.63, 3.8) is 0 Å². The normalized spacial score (nSPS) is 55.5. The van der Waals surface area contributed by atoms with Crippen LogP contribution >= 0.6 is 0 Å². The Kier molecular flexibility index (Phi) is 2.44. The first-order chi connectivity index (χ1) is 12.7. The minimum atomic E-state index is -0.637. The summed E-state index contributed by atoms with van der Waals surface area (Å²) in [6.45, 7) is 2.06. The van der Waals surface area contributed by atoms with Gasteiger partial charge in [0.05, 0.1) is 5.41 Å². The zero-order valence-corrected chi connectivity index (χ0v) is 14.6. The fourth-order valence-corrected chi connectivity index (χ4v) is 8.75. The van der Waals surface area contributed by atoms with E-state index in [1.165, 1.54) is 0 Å². The van der Waals surface area contributed by atoms with Crippen LogP contribution in [0.15, 0.2) is 0 Å². The predicted octanol–water partition coefficient (Wildman–Crippen LogP) is 0.636. The topological polar surface area (TPSA) is 72.9 Å². The first kappa shape index (κ1) is 14.6. The lowest BCUT2D eigenvalue weighted by atomic mass is 9.32. The fraction of sp³-hybridized carbons (Fsp3) is 0.850. The number of ether oxygens (including phenoxy) is 2. The van der Waals surface area contributed by atoms with Crippen molar-refractivity contribution >= 4 is 17.7 Å². The Balaban J connectivity index is 1.10. The molecule has 4 bridgehead atoms. The number of Topliss-reactive ketones (excluding diaryl/α,β-unsaturated/α-hetero) is 1. The highest BCUT2D eigenvalue weighted by Gasteiger charge is 2.96. The van der Waals surface area contributed by atoms with Crippen LogP contribution < -0.4 is 0 Å². The molecular weight excluding hydrogens is 334 g/mol. The van der Waals surface area contributed by atoms with E-state index >= 15 is 0 Å². The number of nitrogens with zero attached hydrogens (tertiary/aromatic N) is 1. The van der Waals surface area contributed by atoms with Crippen LogP contribution in [-0.4, -0.2) is 54.5 Å². The quantitative estimate of drug-likeness (QED) is 0.693. The first-order valence-corrected chi connectivity index (χ1v) is 10.3. The smallest absolute Gasteiger partial charge is 0.314 e. The molecule has 6 saturated carbocycles. The van der Waals surface area contributed by atoms with Crippen molar-refractivity contribution in [2.24, 2.45) is 46.8 Å². The van der Waals surface area contributed by atoms with Gasteiger partial charge in [-0.1, -0.05) is 0 Å². The Labute approximate surface area is 151 Å². The molecule has 6 nitrogen and oxygen atoms in total. The third kappa shape index (κ3) is 1.25. The molecule has 8 aliphatic rings. The number of carbonyl (C=O) groups excluding carboxylic acids is 3. The minimum Gasteiger partial charge on any atom is -0.452 e. The number of likely N-dealkylation sites (tertiary alicyclic amines) is 1. The van der Waals surface area contributed by atoms with Gasteiger partial charge < -0.3 is 14.4 Å². The van der Waals surface area contributed by atoms with Crippen LogP contribution in [0.25, 0.3) is 0 Å². The molecule has 8 fully saturated rings. The van der Waals surface area contributed by atoms with E-state index in [1.54, 1.807) is 0 Å². The maximum Gasteiger partial charge on any atom is 0.314 e. The largest absolute Gasteiger partial charge is 0.452 e. The maximum atomic E-state index is 13.2. The minimum absolute atomic E-state index is 0.0371. The van der Waals surface area contributed by atoms with Crippen LogP contribution in [0.1, 0.15) is 25.7 Å². The number of esters is 1. The molecule has 9 unspecified atom stereocenters. The monoisotopic (exact) mass is 357 g/mol. The van der Waals surface area contributed by atoms with Gasteiger partial charge in [0.15, 0.2) is 6.10 Å². The summed E-state index contributed by atoms with van der Waals surface area (Å²) < 4.78 is 11.2. The third-order valence-electron chi connectivity index (χ3n) is 9.29. The molecule has 26 heavy (non-hydrogen) atoms. The molecule has 2 heterocycles. The van der Waals surface area contributed by atoms with Crippen molar-refractivity contribution in [3.8, 4) is 0 Å². The zero-order valence-electron chi connectivity index (χ0n) is 14.6. The van der Waals surface area contributed by atoms with Gasteiger partial charge in [0.2, 0.25) is 0 Å². The summed E-state index contributed by atoms with van der Waals surface area (Å²) >= 11 is 0. The van der Waals surface area contributed by atoms with Gasteiger partial charge in [0.25, 0.3) is 5.91 Å². The summed E-state index contributed by atoms with van der Waals surface area (Å²) in [7, 11) is 0. The van der Waals surface area contributed by atoms with Gasteiger partial charge >= 0.3 is 5.97 Å². The van der Waals surface area contributed by atoms with Crippen LogP contribution in [0.3, 0.4) is 0 Å². The van der Waals surface area contributed by atoms with E-state index < -0.39 is 11.5 Å². The summed E-state index contributed by atoms with van der Waals surface area (Å²) in [5, 5.41) is 0. The van der Waals surface area contributed by atoms with Crippen molar-refractivity contribution in [3.05, 3.63) is 0 Å². The van der Waals surface area contributed by atoms with Gasteiger partial charge in [-0.2, -0.15) is 0 Å². The Morgan fingerprint density at radius 1 is 1.12 bits per heavy atom. The van der Waals surface area contributed by atoms with Gasteiger partial charge in [-0.25, -0.2) is 0 Å². The molecule has 2 saturated heterocycles. The molecule has 138 valence electrons. The molecular formula is C20H23NO5. The highest BCUT2D eigenvalue weighted by molar-refractivity contribution is 6.03. The fourth-order valence-electron chi connectivity index (χ4n) is 8.75. The summed E-state index contributed by atoms with van der Waals surface area (Å²) in [5.41, 5.74) is -0.517. The van der Waals surface area contributed by atoms with Gasteiger partial charge in [0, 0.05) is 44.1 Å². The van der Waals surface area contributed by atoms with Crippen LogP contribution in [0.4, 0.5) is 0 Å². The molecule has 2 aliphatic heterocycles. The maximum absolute atomic E-state index is 13.2. The van der Waals surface area contributed by atoms with E-state index in [0.717, 1.165) is 19.3 Å². The van der Waals surface area contributed by atoms with E-state index in [-0.39, 0.29) is 35.7 Å². The van der Waals surface area contributed by atoms with Crippen molar-refractivity contribution in [2.75, 3.05) is 19.8 Å². The number of carbonyl (C=O) groups is 3. The molecule has 6 heteroatoms. The standard InChI is InChI=1S/C20H23NO5/c22-17-13-9-7-10-14-12(9)16(17)20(14,15(10)13)19(24)26-11-1-4-21(18(11)23)8-2-5-25-6-3-8/h8-16H,1-7H2. The third-order valence-corrected chi connectivity index (χ3v) is 9.29. The second kappa shape index (κ2) is 4.34. The molecule has 1 amide bonds. The predicted molar refractivity (Wildman–Crippen MR) is 86.5 cm³/mol. The number of amides is 1. The molecule has 9 atom stereocenters. The summed E-state index contributed by atoms with van der Waals surface area (Å²) in [4.78, 5) is 40.5. The second-order valence-electron chi connectivity index (χ2n) is 9.59. The Bertz CT molecular complexity index is 759. The Morgan fingerprint density at radius 2 is 1.92 bits per heavy atom. The number of ketones is 1. The van der Waals surface area contributed by atoms with Crippen molar-refractivity contribution in [1.29, 1.82) is 0 Å². The van der Waals surface area contributed by atoms with Crippen LogP contribution in [0, 0.1) is 46.8 Å². The van der Waals surface area contributed by atoms with Gasteiger partial charge in [0.1, 0.15) is 5.78 Å². The lowest BCUT2D eigenvalue weighted by Crippen LogP contribution is -2.74. The van der Waals surface area contributed by atoms with Gasteiger partial charge in [-0.15, -0.1) is 0 Å². The molecule has 0 N–H and O–H groups in total. The van der Waals surface area contributed by atoms with Crippen LogP contribution in [0.2, 0.25) is 0 Å². The molecule has 8 rings (SSSR count). The molecule has 0 aromatic heterocycles. The molecule has 6 aliphatic carbocycles. The average Bonchev–Trinajstić information content (AvgIpc) is 3.28. The zero-order chi connectivity index (χ0) is 17.4. The van der Waals surface area contributed by atoms with Crippen molar-refractivity contribution in [2.45, 2.75) is 37.8 Å². The molecule has 0 aromatic rings. The lowest BCUT2D eigenvalue weighted by molar-refractivity contribution is -0.266. The lowest BCUT2D eigenvalue weighted by Gasteiger charge is -2.69. The molecule has 0 radical (unpaired) electrons. The van der Waals surface area contributed by atoms with E-state index in [9.17, 15) is 14.4 Å². The van der Waals surface area contributed by atoms with Crippen LogP contribution in [-0.2, 0) is 23.9 Å². The summed E-state index contributed by atoms with van der Waals surface area (Å²) in [5.74, 6) is 2.43. The van der Waals surface area contributed by atoms with Gasteiger partial charge in [-0.05, 0) is 48.9 Å². The average molecular weight is 357 g/mol. The Hall–Kier alpha value is -1.43. The van der Waals surface area contributed by atoms with E-state index in [0.29, 0.717) is 55.6 Å². The van der Waals surface area contributed by atoms with Crippen molar-refractivity contribution < 1.29 is 23.9 Å². The number of hydrogen-bond donors (Lipinski definition) is 0. The van der Waals surface area contributed by atoms with E-state index in [1.807, 2.05) is 4.90 Å². The summed E-state index contributed by atoms with van der Waals surface area (Å²) in [6, 6.07) is 0.218. The van der Waals surface area contributed by atoms with E-state index in [4.69, 9.17) is 9.47 Å². The summed E-state index contributed by atoms with van der Waals surface area (Å²) in [6.07, 6.45) is 2.84. The highest BCUT2D eigenvalue weighted by Crippen LogP contribution is 2.92. The number of hydrogen-bond acceptors (Lipinski definition) is 5. The molecule has 0 aromatic carbocycles.